The molecule has 0 aliphatic carbocycles. The minimum absolute atomic E-state index is 0.668. The number of hydrogen-bond donors (Lipinski definition) is 0. The lowest BCUT2D eigenvalue weighted by Gasteiger charge is -2.00. The first kappa shape index (κ1) is 10.3. The summed E-state index contributed by atoms with van der Waals surface area (Å²) in [5.41, 5.74) is 2.96. The predicted molar refractivity (Wildman–Crippen MR) is 60.7 cm³/mol. The zero-order valence-corrected chi connectivity index (χ0v) is 9.98. The third-order valence-electron chi connectivity index (χ3n) is 1.99. The van der Waals surface area contributed by atoms with Crippen molar-refractivity contribution in [3.63, 3.8) is 0 Å². The molecule has 0 fully saturated rings. The van der Waals surface area contributed by atoms with Gasteiger partial charge < -0.3 is 0 Å². The second kappa shape index (κ2) is 4.53. The molecule has 0 amide bonds. The Kier molecular flexibility index (Phi) is 3.11. The number of halogens is 1. The number of rotatable bonds is 3. The van der Waals surface area contributed by atoms with E-state index in [1.807, 2.05) is 31.3 Å². The van der Waals surface area contributed by atoms with Gasteiger partial charge in [-0.05, 0) is 19.1 Å². The third-order valence-corrected chi connectivity index (χ3v) is 2.57. The molecule has 0 saturated carbocycles. The Balaban J connectivity index is 2.14. The third kappa shape index (κ3) is 2.62. The van der Waals surface area contributed by atoms with E-state index in [4.69, 9.17) is 0 Å². The van der Waals surface area contributed by atoms with Crippen LogP contribution in [-0.2, 0) is 11.9 Å². The molecule has 0 spiro atoms. The molecule has 2 aromatic heterocycles. The van der Waals surface area contributed by atoms with Gasteiger partial charge in [0.05, 0.1) is 17.9 Å². The maximum atomic E-state index is 4.40. The molecule has 0 bridgehead atoms. The van der Waals surface area contributed by atoms with Crippen LogP contribution in [0.1, 0.15) is 17.1 Å². The molecule has 2 heterocycles. The van der Waals surface area contributed by atoms with Crippen LogP contribution in [0.15, 0.2) is 24.4 Å². The molecule has 5 heteroatoms. The van der Waals surface area contributed by atoms with Gasteiger partial charge in [0, 0.05) is 17.2 Å². The standard InChI is InChI=1S/C10H11BrN4/c1-8-3-2-4-9(12-8)6-15-7-10(5-11)13-14-15/h2-4,7H,5-6H2,1H3. The highest BCUT2D eigenvalue weighted by atomic mass is 79.9. The maximum absolute atomic E-state index is 4.40. The molecule has 0 atom stereocenters. The Labute approximate surface area is 96.5 Å². The summed E-state index contributed by atoms with van der Waals surface area (Å²) in [6.07, 6.45) is 1.92. The minimum Gasteiger partial charge on any atom is -0.256 e. The van der Waals surface area contributed by atoms with E-state index in [9.17, 15) is 0 Å². The normalized spacial score (nSPS) is 10.5. The summed E-state index contributed by atoms with van der Waals surface area (Å²) in [5, 5.41) is 8.73. The fourth-order valence-corrected chi connectivity index (χ4v) is 1.59. The van der Waals surface area contributed by atoms with Crippen LogP contribution in [0.25, 0.3) is 0 Å². The molecule has 0 N–H and O–H groups in total. The Hall–Kier alpha value is -1.23. The number of nitrogens with zero attached hydrogens (tertiary/aromatic N) is 4. The van der Waals surface area contributed by atoms with Crippen LogP contribution in [-0.4, -0.2) is 20.0 Å². The van der Waals surface area contributed by atoms with Gasteiger partial charge in [-0.1, -0.05) is 27.2 Å². The molecule has 0 aliphatic heterocycles. The van der Waals surface area contributed by atoms with Crippen LogP contribution in [0.2, 0.25) is 0 Å². The minimum atomic E-state index is 0.668. The first-order valence-electron chi connectivity index (χ1n) is 4.65. The van der Waals surface area contributed by atoms with Gasteiger partial charge in [-0.2, -0.15) is 0 Å². The van der Waals surface area contributed by atoms with E-state index in [-0.39, 0.29) is 0 Å². The molecule has 0 aliphatic rings. The average Bonchev–Trinajstić information content (AvgIpc) is 2.65. The van der Waals surface area contributed by atoms with Gasteiger partial charge in [-0.25, -0.2) is 4.68 Å². The lowest BCUT2D eigenvalue weighted by Crippen LogP contribution is -2.02. The lowest BCUT2D eigenvalue weighted by atomic mass is 10.3. The summed E-state index contributed by atoms with van der Waals surface area (Å²) in [6.45, 7) is 2.65. The summed E-state index contributed by atoms with van der Waals surface area (Å²) in [7, 11) is 0. The van der Waals surface area contributed by atoms with E-state index in [0.29, 0.717) is 6.54 Å². The van der Waals surface area contributed by atoms with Crippen LogP contribution in [0.3, 0.4) is 0 Å². The monoisotopic (exact) mass is 266 g/mol. The van der Waals surface area contributed by atoms with E-state index >= 15 is 0 Å². The number of hydrogen-bond acceptors (Lipinski definition) is 3. The van der Waals surface area contributed by atoms with Crippen LogP contribution in [0.4, 0.5) is 0 Å². The SMILES string of the molecule is Cc1cccc(Cn2cc(CBr)nn2)n1. The molecule has 2 rings (SSSR count). The number of pyridine rings is 1. The van der Waals surface area contributed by atoms with Gasteiger partial charge in [-0.3, -0.25) is 4.98 Å². The molecule has 78 valence electrons. The number of aryl methyl sites for hydroxylation is 1. The summed E-state index contributed by atoms with van der Waals surface area (Å²) < 4.78 is 1.79. The van der Waals surface area contributed by atoms with Gasteiger partial charge in [0.25, 0.3) is 0 Å². The summed E-state index contributed by atoms with van der Waals surface area (Å²) in [5.74, 6) is 0. The lowest BCUT2D eigenvalue weighted by molar-refractivity contribution is 0.637. The Morgan fingerprint density at radius 1 is 1.33 bits per heavy atom. The second-order valence-electron chi connectivity index (χ2n) is 3.31. The van der Waals surface area contributed by atoms with Crippen molar-refractivity contribution in [2.45, 2.75) is 18.8 Å². The summed E-state index contributed by atoms with van der Waals surface area (Å²) in [4.78, 5) is 4.40. The quantitative estimate of drug-likeness (QED) is 0.798. The van der Waals surface area contributed by atoms with E-state index in [0.717, 1.165) is 22.4 Å². The van der Waals surface area contributed by atoms with Gasteiger partial charge in [0.2, 0.25) is 0 Å². The highest BCUT2D eigenvalue weighted by Gasteiger charge is 2.00. The molecule has 0 aromatic carbocycles. The molecule has 0 unspecified atom stereocenters. The van der Waals surface area contributed by atoms with Crippen molar-refractivity contribution in [2.24, 2.45) is 0 Å². The van der Waals surface area contributed by atoms with Crippen molar-refractivity contribution < 1.29 is 0 Å². The van der Waals surface area contributed by atoms with Crippen LogP contribution in [0, 0.1) is 6.92 Å². The van der Waals surface area contributed by atoms with Crippen LogP contribution in [0.5, 0.6) is 0 Å². The molecule has 15 heavy (non-hydrogen) atoms. The van der Waals surface area contributed by atoms with Crippen molar-refractivity contribution in [2.75, 3.05) is 0 Å². The van der Waals surface area contributed by atoms with Crippen molar-refractivity contribution in [1.29, 1.82) is 0 Å². The fourth-order valence-electron chi connectivity index (χ4n) is 1.33. The Morgan fingerprint density at radius 3 is 2.87 bits per heavy atom. The Bertz CT molecular complexity index is 452. The van der Waals surface area contributed by atoms with E-state index in [1.165, 1.54) is 0 Å². The molecular formula is C10H11BrN4. The average molecular weight is 267 g/mol. The van der Waals surface area contributed by atoms with E-state index in [2.05, 4.69) is 31.2 Å². The van der Waals surface area contributed by atoms with Crippen LogP contribution < -0.4 is 0 Å². The Morgan fingerprint density at radius 2 is 2.20 bits per heavy atom. The topological polar surface area (TPSA) is 43.6 Å². The number of aromatic nitrogens is 4. The van der Waals surface area contributed by atoms with E-state index in [1.54, 1.807) is 4.68 Å². The summed E-state index contributed by atoms with van der Waals surface area (Å²) >= 11 is 3.34. The molecular weight excluding hydrogens is 256 g/mol. The maximum Gasteiger partial charge on any atom is 0.0932 e. The van der Waals surface area contributed by atoms with Gasteiger partial charge in [-0.15, -0.1) is 5.10 Å². The van der Waals surface area contributed by atoms with Crippen molar-refractivity contribution >= 4 is 15.9 Å². The van der Waals surface area contributed by atoms with E-state index < -0.39 is 0 Å². The van der Waals surface area contributed by atoms with Gasteiger partial charge in [0.15, 0.2) is 0 Å². The second-order valence-corrected chi connectivity index (χ2v) is 3.87. The highest BCUT2D eigenvalue weighted by Crippen LogP contribution is 2.03. The molecule has 0 saturated heterocycles. The van der Waals surface area contributed by atoms with Crippen molar-refractivity contribution in [3.05, 3.63) is 41.5 Å². The van der Waals surface area contributed by atoms with Gasteiger partial charge in [0.1, 0.15) is 0 Å². The largest absolute Gasteiger partial charge is 0.256 e. The fraction of sp³-hybridized carbons (Fsp3) is 0.300. The molecule has 2 aromatic rings. The van der Waals surface area contributed by atoms with Gasteiger partial charge >= 0.3 is 0 Å². The first-order valence-corrected chi connectivity index (χ1v) is 5.77. The molecule has 0 radical (unpaired) electrons. The zero-order chi connectivity index (χ0) is 10.7. The van der Waals surface area contributed by atoms with Crippen LogP contribution >= 0.6 is 15.9 Å². The van der Waals surface area contributed by atoms with Crippen molar-refractivity contribution in [3.8, 4) is 0 Å². The van der Waals surface area contributed by atoms with Crippen molar-refractivity contribution in [1.82, 2.24) is 20.0 Å². The predicted octanol–water partition coefficient (Wildman–Crippen LogP) is 1.92. The number of alkyl halides is 1. The first-order chi connectivity index (χ1) is 7.28. The highest BCUT2D eigenvalue weighted by molar-refractivity contribution is 9.08. The zero-order valence-electron chi connectivity index (χ0n) is 8.39. The molecule has 4 nitrogen and oxygen atoms in total. The summed E-state index contributed by atoms with van der Waals surface area (Å²) in [6, 6.07) is 5.97. The smallest absolute Gasteiger partial charge is 0.0932 e.